The minimum atomic E-state index is -0.561. The topological polar surface area (TPSA) is 108 Å². The number of nitrogens with one attached hydrogen (secondary N) is 2. The van der Waals surface area contributed by atoms with Gasteiger partial charge >= 0.3 is 0 Å². The monoisotopic (exact) mass is 528 g/mol. The van der Waals surface area contributed by atoms with Crippen molar-refractivity contribution < 1.29 is 19.0 Å². The number of hydrogen-bond acceptors (Lipinski definition) is 7. The Hall–Kier alpha value is -4.30. The lowest BCUT2D eigenvalue weighted by Crippen LogP contribution is -2.16. The number of pyridine rings is 1. The molecular weight excluding hydrogens is 492 g/mol. The van der Waals surface area contributed by atoms with Crippen LogP contribution in [0.4, 0.5) is 11.4 Å². The number of aromatic nitrogens is 1. The summed E-state index contributed by atoms with van der Waals surface area (Å²) >= 11 is 0. The summed E-state index contributed by atoms with van der Waals surface area (Å²) in [6.07, 6.45) is 2.31. The van der Waals surface area contributed by atoms with Crippen LogP contribution < -0.4 is 30.6 Å². The average Bonchev–Trinajstić information content (AvgIpc) is 2.94. The summed E-state index contributed by atoms with van der Waals surface area (Å²) in [5, 5.41) is 7.78. The van der Waals surface area contributed by atoms with Crippen LogP contribution in [0.5, 0.6) is 17.2 Å². The van der Waals surface area contributed by atoms with E-state index in [9.17, 15) is 4.79 Å². The number of rotatable bonds is 13. The smallest absolute Gasteiger partial charge is 0.252 e. The van der Waals surface area contributed by atoms with Gasteiger partial charge in [0.1, 0.15) is 5.75 Å². The van der Waals surface area contributed by atoms with Crippen molar-refractivity contribution in [2.45, 2.75) is 40.3 Å². The molecule has 0 aliphatic heterocycles. The fourth-order valence-electron chi connectivity index (χ4n) is 4.61. The van der Waals surface area contributed by atoms with Gasteiger partial charge in [-0.05, 0) is 61.2 Å². The first kappa shape index (κ1) is 27.7. The van der Waals surface area contributed by atoms with Gasteiger partial charge in [0, 0.05) is 36.4 Å². The molecule has 0 unspecified atom stereocenters. The molecule has 0 saturated heterocycles. The van der Waals surface area contributed by atoms with Crippen LogP contribution in [-0.2, 0) is 19.5 Å². The molecule has 0 atom stereocenters. The van der Waals surface area contributed by atoms with E-state index in [1.54, 1.807) is 7.11 Å². The summed E-state index contributed by atoms with van der Waals surface area (Å²) < 4.78 is 16.9. The summed E-state index contributed by atoms with van der Waals surface area (Å²) in [6, 6.07) is 17.9. The van der Waals surface area contributed by atoms with Gasteiger partial charge in [-0.2, -0.15) is 0 Å². The third kappa shape index (κ3) is 6.41. The number of ether oxygens (including phenoxy) is 3. The van der Waals surface area contributed by atoms with Gasteiger partial charge in [0.05, 0.1) is 37.1 Å². The molecular formula is C31H36N4O4. The Kier molecular flexibility index (Phi) is 9.22. The predicted octanol–water partition coefficient (Wildman–Crippen LogP) is 5.74. The van der Waals surface area contributed by atoms with Crippen LogP contribution in [0.1, 0.15) is 47.8 Å². The Labute approximate surface area is 229 Å². The van der Waals surface area contributed by atoms with Crippen molar-refractivity contribution in [2.75, 3.05) is 25.6 Å². The number of carbonyl (C=O) groups is 1. The lowest BCUT2D eigenvalue weighted by molar-refractivity contribution is 0.100. The summed E-state index contributed by atoms with van der Waals surface area (Å²) in [4.78, 5) is 16.9. The van der Waals surface area contributed by atoms with Gasteiger partial charge in [0.25, 0.3) is 5.91 Å². The number of anilines is 2. The molecule has 0 radical (unpaired) electrons. The molecule has 0 aliphatic carbocycles. The Morgan fingerprint density at radius 3 is 2.31 bits per heavy atom. The first-order valence-electron chi connectivity index (χ1n) is 13.2. The van der Waals surface area contributed by atoms with Crippen LogP contribution in [0.3, 0.4) is 0 Å². The third-order valence-corrected chi connectivity index (χ3v) is 6.49. The Morgan fingerprint density at radius 1 is 0.949 bits per heavy atom. The normalized spacial score (nSPS) is 10.9. The standard InChI is InChI=1S/C31H36N4O4/c1-5-23-21(18-33-17-20-11-13-22(37-4)14-12-20)9-8-10-26(23)35-30-24-15-28(38-6-2)29(39-7-3)16-27(24)34-19-25(30)31(32)36/h8-16,19,33H,5-7,17-18H2,1-4H3,(H2,32,36)(H,34,35). The molecule has 8 heteroatoms. The summed E-state index contributed by atoms with van der Waals surface area (Å²) in [7, 11) is 1.66. The van der Waals surface area contributed by atoms with Crippen LogP contribution in [0.15, 0.2) is 60.8 Å². The van der Waals surface area contributed by atoms with E-state index in [1.165, 1.54) is 17.3 Å². The van der Waals surface area contributed by atoms with E-state index in [2.05, 4.69) is 40.7 Å². The van der Waals surface area contributed by atoms with E-state index >= 15 is 0 Å². The molecule has 0 aliphatic rings. The zero-order valence-electron chi connectivity index (χ0n) is 23.0. The highest BCUT2D eigenvalue weighted by Gasteiger charge is 2.18. The SMILES string of the molecule is CCOc1cc2ncc(C(N)=O)c(Nc3cccc(CNCc4ccc(OC)cc4)c3CC)c2cc1OCC. The number of primary amides is 1. The molecule has 8 nitrogen and oxygen atoms in total. The minimum absolute atomic E-state index is 0.305. The molecule has 3 aromatic carbocycles. The molecule has 4 aromatic rings. The highest BCUT2D eigenvalue weighted by molar-refractivity contribution is 6.08. The summed E-state index contributed by atoms with van der Waals surface area (Å²) in [5.41, 5.74) is 11.7. The lowest BCUT2D eigenvalue weighted by atomic mass is 10.0. The molecule has 1 amide bonds. The summed E-state index contributed by atoms with van der Waals surface area (Å²) in [5.74, 6) is 1.48. The molecule has 204 valence electrons. The highest BCUT2D eigenvalue weighted by Crippen LogP contribution is 2.38. The quantitative estimate of drug-likeness (QED) is 0.203. The number of benzene rings is 3. The number of carbonyl (C=O) groups excluding carboxylic acids is 1. The van der Waals surface area contributed by atoms with Gasteiger partial charge in [0.15, 0.2) is 11.5 Å². The van der Waals surface area contributed by atoms with Crippen molar-refractivity contribution >= 4 is 28.2 Å². The minimum Gasteiger partial charge on any atom is -0.497 e. The van der Waals surface area contributed by atoms with Crippen molar-refractivity contribution in [3.05, 3.63) is 83.0 Å². The van der Waals surface area contributed by atoms with E-state index in [4.69, 9.17) is 19.9 Å². The molecule has 0 fully saturated rings. The third-order valence-electron chi connectivity index (χ3n) is 6.49. The van der Waals surface area contributed by atoms with E-state index in [-0.39, 0.29) is 0 Å². The number of nitrogens with two attached hydrogens (primary N) is 1. The second kappa shape index (κ2) is 13.0. The predicted molar refractivity (Wildman–Crippen MR) is 155 cm³/mol. The van der Waals surface area contributed by atoms with E-state index in [0.29, 0.717) is 48.0 Å². The van der Waals surface area contributed by atoms with Crippen LogP contribution in [0, 0.1) is 0 Å². The fraction of sp³-hybridized carbons (Fsp3) is 0.290. The highest BCUT2D eigenvalue weighted by atomic mass is 16.5. The maximum absolute atomic E-state index is 12.4. The number of hydrogen-bond donors (Lipinski definition) is 3. The Bertz CT molecular complexity index is 1440. The van der Waals surface area contributed by atoms with Gasteiger partial charge in [-0.15, -0.1) is 0 Å². The van der Waals surface area contributed by atoms with Crippen molar-refractivity contribution in [1.29, 1.82) is 0 Å². The van der Waals surface area contributed by atoms with Gasteiger partial charge in [-0.1, -0.05) is 31.2 Å². The van der Waals surface area contributed by atoms with Crippen molar-refractivity contribution in [1.82, 2.24) is 10.3 Å². The van der Waals surface area contributed by atoms with Gasteiger partial charge in [0.2, 0.25) is 0 Å². The molecule has 39 heavy (non-hydrogen) atoms. The van der Waals surface area contributed by atoms with E-state index in [1.807, 2.05) is 50.2 Å². The lowest BCUT2D eigenvalue weighted by Gasteiger charge is -2.19. The van der Waals surface area contributed by atoms with Crippen molar-refractivity contribution in [3.8, 4) is 17.2 Å². The fourth-order valence-corrected chi connectivity index (χ4v) is 4.61. The number of methoxy groups -OCH3 is 1. The van der Waals surface area contributed by atoms with Crippen LogP contribution in [0.2, 0.25) is 0 Å². The summed E-state index contributed by atoms with van der Waals surface area (Å²) in [6.45, 7) is 8.35. The zero-order valence-corrected chi connectivity index (χ0v) is 23.0. The average molecular weight is 529 g/mol. The van der Waals surface area contributed by atoms with Crippen LogP contribution >= 0.6 is 0 Å². The van der Waals surface area contributed by atoms with Crippen molar-refractivity contribution in [3.63, 3.8) is 0 Å². The second-order valence-corrected chi connectivity index (χ2v) is 8.97. The first-order chi connectivity index (χ1) is 19.0. The number of fused-ring (bicyclic) bond motifs is 1. The zero-order chi connectivity index (χ0) is 27.8. The maximum Gasteiger partial charge on any atom is 0.252 e. The second-order valence-electron chi connectivity index (χ2n) is 8.97. The largest absolute Gasteiger partial charge is 0.497 e. The van der Waals surface area contributed by atoms with Crippen molar-refractivity contribution in [2.24, 2.45) is 5.73 Å². The first-order valence-corrected chi connectivity index (χ1v) is 13.2. The molecule has 1 heterocycles. The van der Waals surface area contributed by atoms with E-state index < -0.39 is 5.91 Å². The van der Waals surface area contributed by atoms with Gasteiger partial charge in [-0.25, -0.2) is 0 Å². The molecule has 0 spiro atoms. The number of amides is 1. The Balaban J connectivity index is 1.67. The number of nitrogens with zero attached hydrogens (tertiary/aromatic N) is 1. The Morgan fingerprint density at radius 2 is 1.67 bits per heavy atom. The van der Waals surface area contributed by atoms with Crippen LogP contribution in [-0.4, -0.2) is 31.2 Å². The van der Waals surface area contributed by atoms with E-state index in [0.717, 1.165) is 35.4 Å². The molecule has 0 bridgehead atoms. The van der Waals surface area contributed by atoms with Gasteiger partial charge in [-0.3, -0.25) is 9.78 Å². The molecule has 4 rings (SSSR count). The van der Waals surface area contributed by atoms with Crippen LogP contribution in [0.25, 0.3) is 10.9 Å². The van der Waals surface area contributed by atoms with Gasteiger partial charge < -0.3 is 30.6 Å². The molecule has 0 saturated carbocycles. The molecule has 1 aromatic heterocycles. The maximum atomic E-state index is 12.4. The molecule has 4 N–H and O–H groups in total.